The van der Waals surface area contributed by atoms with Gasteiger partial charge in [0.25, 0.3) is 0 Å². The van der Waals surface area contributed by atoms with Crippen LogP contribution in [-0.2, 0) is 9.84 Å². The van der Waals surface area contributed by atoms with E-state index >= 15 is 0 Å². The van der Waals surface area contributed by atoms with Crippen LogP contribution in [-0.4, -0.2) is 19.2 Å². The van der Waals surface area contributed by atoms with Crippen molar-refractivity contribution >= 4 is 20.6 Å². The lowest BCUT2D eigenvalue weighted by molar-refractivity contribution is 0.594. The fraction of sp³-hybridized carbons (Fsp3) is 0.182. The predicted octanol–water partition coefficient (Wildman–Crippen LogP) is 2.03. The maximum Gasteiger partial charge on any atom is 0.195 e. The highest BCUT2D eigenvalue weighted by Gasteiger charge is 2.12. The Bertz CT molecular complexity index is 590. The van der Waals surface area contributed by atoms with E-state index in [1.54, 1.807) is 19.2 Å². The Balaban J connectivity index is 2.67. The molecule has 0 bridgehead atoms. The molecule has 1 aromatic carbocycles. The number of hydrogen-bond acceptors (Lipinski definition) is 3. The fourth-order valence-corrected chi connectivity index (χ4v) is 2.20. The van der Waals surface area contributed by atoms with Gasteiger partial charge in [-0.3, -0.25) is 0 Å². The highest BCUT2D eigenvalue weighted by molar-refractivity contribution is 7.91. The molecule has 0 saturated heterocycles. The summed E-state index contributed by atoms with van der Waals surface area (Å²) in [6.45, 7) is 1.62. The molecule has 1 heterocycles. The van der Waals surface area contributed by atoms with E-state index in [1.807, 2.05) is 24.3 Å². The van der Waals surface area contributed by atoms with Crippen LogP contribution in [0.15, 0.2) is 41.6 Å². The molecule has 0 spiro atoms. The maximum atomic E-state index is 11.6. The molecular formula is C11H11NO2S. The molecule has 4 heteroatoms. The summed E-state index contributed by atoms with van der Waals surface area (Å²) in [6.07, 6.45) is 1.60. The van der Waals surface area contributed by atoms with E-state index in [0.29, 0.717) is 0 Å². The second-order valence-corrected chi connectivity index (χ2v) is 5.50. The average Bonchev–Trinajstić information content (AvgIpc) is 2.28. The summed E-state index contributed by atoms with van der Waals surface area (Å²) in [6, 6.07) is 9.19. The molecule has 15 heavy (non-hydrogen) atoms. The van der Waals surface area contributed by atoms with Crippen LogP contribution < -0.4 is 0 Å². The van der Waals surface area contributed by atoms with Gasteiger partial charge in [0.2, 0.25) is 0 Å². The molecule has 0 saturated carbocycles. The number of nitrogens with zero attached hydrogens (tertiary/aromatic N) is 1. The van der Waals surface area contributed by atoms with Gasteiger partial charge in [0.05, 0.1) is 5.75 Å². The van der Waals surface area contributed by atoms with Crippen molar-refractivity contribution in [2.24, 2.45) is 0 Å². The third-order valence-corrected chi connectivity index (χ3v) is 3.93. The predicted molar refractivity (Wildman–Crippen MR) is 59.5 cm³/mol. The average molecular weight is 221 g/mol. The number of sulfone groups is 1. The van der Waals surface area contributed by atoms with E-state index in [1.165, 1.54) is 0 Å². The van der Waals surface area contributed by atoms with E-state index in [-0.39, 0.29) is 10.8 Å². The minimum atomic E-state index is -3.20. The van der Waals surface area contributed by atoms with Gasteiger partial charge in [-0.05, 0) is 11.5 Å². The van der Waals surface area contributed by atoms with Crippen molar-refractivity contribution in [2.45, 2.75) is 11.9 Å². The summed E-state index contributed by atoms with van der Waals surface area (Å²) in [5, 5.41) is 2.01. The van der Waals surface area contributed by atoms with E-state index in [4.69, 9.17) is 0 Å². The molecule has 0 aliphatic carbocycles. The minimum Gasteiger partial charge on any atom is -0.244 e. The second kappa shape index (κ2) is 3.62. The van der Waals surface area contributed by atoms with Gasteiger partial charge in [-0.1, -0.05) is 31.2 Å². The Kier molecular flexibility index (Phi) is 2.44. The molecule has 0 aliphatic rings. The van der Waals surface area contributed by atoms with Gasteiger partial charge in [0.1, 0.15) is 0 Å². The van der Waals surface area contributed by atoms with Crippen LogP contribution in [0.25, 0.3) is 10.8 Å². The Morgan fingerprint density at radius 1 is 1.20 bits per heavy atom. The van der Waals surface area contributed by atoms with Gasteiger partial charge < -0.3 is 0 Å². The second-order valence-electron chi connectivity index (χ2n) is 3.27. The van der Waals surface area contributed by atoms with Crippen LogP contribution in [0.3, 0.4) is 0 Å². The zero-order valence-corrected chi connectivity index (χ0v) is 9.16. The van der Waals surface area contributed by atoms with Crippen molar-refractivity contribution < 1.29 is 8.42 Å². The molecule has 3 nitrogen and oxygen atoms in total. The normalized spacial score (nSPS) is 11.8. The monoisotopic (exact) mass is 221 g/mol. The van der Waals surface area contributed by atoms with Gasteiger partial charge in [-0.25, -0.2) is 13.4 Å². The highest BCUT2D eigenvalue weighted by Crippen LogP contribution is 2.16. The first-order valence-corrected chi connectivity index (χ1v) is 6.36. The van der Waals surface area contributed by atoms with Crippen molar-refractivity contribution in [3.63, 3.8) is 0 Å². The highest BCUT2D eigenvalue weighted by atomic mass is 32.2. The molecular weight excluding hydrogens is 210 g/mol. The first-order chi connectivity index (χ1) is 7.13. The van der Waals surface area contributed by atoms with Crippen molar-refractivity contribution in [3.8, 4) is 0 Å². The zero-order chi connectivity index (χ0) is 10.9. The number of fused-ring (bicyclic) bond motifs is 1. The van der Waals surface area contributed by atoms with Crippen LogP contribution in [0.2, 0.25) is 0 Å². The Hall–Kier alpha value is -1.42. The Morgan fingerprint density at radius 3 is 2.53 bits per heavy atom. The first kappa shape index (κ1) is 10.1. The lowest BCUT2D eigenvalue weighted by atomic mass is 10.2. The molecule has 0 aliphatic heterocycles. The smallest absolute Gasteiger partial charge is 0.195 e. The van der Waals surface area contributed by atoms with E-state index in [2.05, 4.69) is 4.98 Å². The summed E-state index contributed by atoms with van der Waals surface area (Å²) in [5.41, 5.74) is 0. The first-order valence-electron chi connectivity index (χ1n) is 4.71. The molecule has 0 atom stereocenters. The zero-order valence-electron chi connectivity index (χ0n) is 8.34. The van der Waals surface area contributed by atoms with Crippen LogP contribution in [0.4, 0.5) is 0 Å². The van der Waals surface area contributed by atoms with Gasteiger partial charge in [0, 0.05) is 11.6 Å². The molecule has 0 unspecified atom stereocenters. The van der Waals surface area contributed by atoms with E-state index < -0.39 is 9.84 Å². The Labute approximate surface area is 88.7 Å². The van der Waals surface area contributed by atoms with Crippen molar-refractivity contribution in [3.05, 3.63) is 36.5 Å². The van der Waals surface area contributed by atoms with Crippen molar-refractivity contribution in [2.75, 3.05) is 5.75 Å². The van der Waals surface area contributed by atoms with Crippen LogP contribution in [0.5, 0.6) is 0 Å². The largest absolute Gasteiger partial charge is 0.244 e. The van der Waals surface area contributed by atoms with Crippen LogP contribution in [0.1, 0.15) is 6.92 Å². The molecule has 0 fully saturated rings. The summed E-state index contributed by atoms with van der Waals surface area (Å²) in [5.74, 6) is 0.0817. The van der Waals surface area contributed by atoms with Gasteiger partial charge in [-0.2, -0.15) is 0 Å². The van der Waals surface area contributed by atoms with Crippen molar-refractivity contribution in [1.82, 2.24) is 4.98 Å². The third-order valence-electron chi connectivity index (χ3n) is 2.30. The molecule has 0 radical (unpaired) electrons. The minimum absolute atomic E-state index is 0.0817. The Morgan fingerprint density at radius 2 is 1.87 bits per heavy atom. The summed E-state index contributed by atoms with van der Waals surface area (Å²) < 4.78 is 23.2. The number of benzene rings is 1. The number of hydrogen-bond donors (Lipinski definition) is 0. The van der Waals surface area contributed by atoms with E-state index in [0.717, 1.165) is 10.8 Å². The molecule has 0 N–H and O–H groups in total. The van der Waals surface area contributed by atoms with Crippen LogP contribution in [0, 0.1) is 0 Å². The summed E-state index contributed by atoms with van der Waals surface area (Å²) in [4.78, 5) is 3.96. The molecule has 2 rings (SSSR count). The van der Waals surface area contributed by atoms with Gasteiger partial charge >= 0.3 is 0 Å². The van der Waals surface area contributed by atoms with Crippen LogP contribution >= 0.6 is 0 Å². The summed E-state index contributed by atoms with van der Waals surface area (Å²) >= 11 is 0. The third kappa shape index (κ3) is 1.85. The molecule has 78 valence electrons. The lowest BCUT2D eigenvalue weighted by Crippen LogP contribution is -2.05. The summed E-state index contributed by atoms with van der Waals surface area (Å²) in [7, 11) is -3.20. The van der Waals surface area contributed by atoms with E-state index in [9.17, 15) is 8.42 Å². The maximum absolute atomic E-state index is 11.6. The standard InChI is InChI=1S/C11H11NO2S/c1-2-15(13,14)11-7-9-5-3-4-6-10(9)8-12-11/h3-8H,2H2,1H3. The fourth-order valence-electron chi connectivity index (χ4n) is 1.38. The number of rotatable bonds is 2. The van der Waals surface area contributed by atoms with Gasteiger partial charge in [0.15, 0.2) is 14.9 Å². The molecule has 2 aromatic rings. The SMILES string of the molecule is CCS(=O)(=O)c1cc2ccccc2cn1. The quantitative estimate of drug-likeness (QED) is 0.779. The molecule has 1 aromatic heterocycles. The number of pyridine rings is 1. The topological polar surface area (TPSA) is 47.0 Å². The van der Waals surface area contributed by atoms with Gasteiger partial charge in [-0.15, -0.1) is 0 Å². The van der Waals surface area contributed by atoms with Crippen molar-refractivity contribution in [1.29, 1.82) is 0 Å². The molecule has 0 amide bonds. The lowest BCUT2D eigenvalue weighted by Gasteiger charge is -2.02. The number of aromatic nitrogens is 1.